The lowest BCUT2D eigenvalue weighted by Crippen LogP contribution is -2.54. The highest BCUT2D eigenvalue weighted by molar-refractivity contribution is 7.81. The second-order valence-electron chi connectivity index (χ2n) is 10.9. The van der Waals surface area contributed by atoms with Crippen molar-refractivity contribution in [3.63, 3.8) is 0 Å². The van der Waals surface area contributed by atoms with Gasteiger partial charge in [-0.3, -0.25) is 9.89 Å². The number of amidine groups is 1. The number of rotatable bonds is 8. The van der Waals surface area contributed by atoms with Gasteiger partial charge in [0.1, 0.15) is 17.4 Å². The lowest BCUT2D eigenvalue weighted by atomic mass is 9.83. The molecule has 0 radical (unpaired) electrons. The van der Waals surface area contributed by atoms with Gasteiger partial charge in [-0.15, -0.1) is 0 Å². The number of H-pyrrole nitrogens is 1. The average Bonchev–Trinajstić information content (AvgIpc) is 3.22. The zero-order chi connectivity index (χ0) is 23.8. The number of unbranched alkanes of at least 4 members (excludes halogenated alkanes) is 1. The summed E-state index contributed by atoms with van der Waals surface area (Å²) in [7, 11) is 0. The smallest absolute Gasteiger partial charge is 0.145 e. The quantitative estimate of drug-likeness (QED) is 0.486. The number of nitrogens with one attached hydrogen (secondary N) is 1. The zero-order valence-corrected chi connectivity index (χ0v) is 22.0. The van der Waals surface area contributed by atoms with E-state index in [-0.39, 0.29) is 10.9 Å². The minimum Gasteiger partial charge on any atom is -0.382 e. The van der Waals surface area contributed by atoms with Crippen molar-refractivity contribution >= 4 is 24.0 Å². The molecule has 0 bridgehead atoms. The lowest BCUT2D eigenvalue weighted by Gasteiger charge is -2.47. The maximum Gasteiger partial charge on any atom is 0.145 e. The molecule has 1 saturated heterocycles. The van der Waals surface area contributed by atoms with E-state index in [4.69, 9.17) is 28.3 Å². The molecule has 1 aromatic heterocycles. The summed E-state index contributed by atoms with van der Waals surface area (Å²) in [6, 6.07) is 0.0851. The first-order valence-corrected chi connectivity index (χ1v) is 13.2. The van der Waals surface area contributed by atoms with E-state index in [0.717, 1.165) is 75.5 Å². The molecule has 0 amide bonds. The van der Waals surface area contributed by atoms with Gasteiger partial charge in [-0.2, -0.15) is 12.6 Å². The molecule has 3 N–H and O–H groups in total. The standard InChI is InChI=1S/C26H42N6S/c1-6-8-9-21-29-22-19-16-18(10-11-20(19)28-24(27)23(22)30-21)31-12-14-32(15-13-31)26(5,33)17-25(3,4)7-2/h10,16,20,33H,6-9,11-15,17H2,1-5H3,(H2,27,28)(H,29,30). The summed E-state index contributed by atoms with van der Waals surface area (Å²) in [6.45, 7) is 15.6. The summed E-state index contributed by atoms with van der Waals surface area (Å²) < 4.78 is 0. The van der Waals surface area contributed by atoms with E-state index in [0.29, 0.717) is 11.3 Å². The van der Waals surface area contributed by atoms with E-state index >= 15 is 0 Å². The van der Waals surface area contributed by atoms with Gasteiger partial charge in [0.05, 0.1) is 16.6 Å². The summed E-state index contributed by atoms with van der Waals surface area (Å²) >= 11 is 5.10. The van der Waals surface area contributed by atoms with Crippen molar-refractivity contribution in [1.29, 1.82) is 0 Å². The number of allylic oxidation sites excluding steroid dienone is 1. The van der Waals surface area contributed by atoms with Crippen molar-refractivity contribution in [1.82, 2.24) is 19.8 Å². The number of piperazine rings is 1. The van der Waals surface area contributed by atoms with Gasteiger partial charge >= 0.3 is 0 Å². The van der Waals surface area contributed by atoms with Crippen molar-refractivity contribution in [2.24, 2.45) is 16.1 Å². The second kappa shape index (κ2) is 9.49. The number of thiol groups is 1. The molecule has 3 aliphatic rings. The number of aromatic amines is 1. The van der Waals surface area contributed by atoms with Crippen LogP contribution in [0.4, 0.5) is 0 Å². The maximum absolute atomic E-state index is 6.29. The molecule has 2 aliphatic heterocycles. The van der Waals surface area contributed by atoms with E-state index in [9.17, 15) is 0 Å². The summed E-state index contributed by atoms with van der Waals surface area (Å²) in [5, 5.41) is 0. The van der Waals surface area contributed by atoms with Crippen molar-refractivity contribution in [2.45, 2.75) is 84.1 Å². The molecule has 33 heavy (non-hydrogen) atoms. The average molecular weight is 471 g/mol. The van der Waals surface area contributed by atoms with Gasteiger partial charge in [0.2, 0.25) is 0 Å². The first kappa shape index (κ1) is 24.4. The number of imidazole rings is 1. The molecule has 4 rings (SSSR count). The molecule has 1 fully saturated rings. The van der Waals surface area contributed by atoms with Gasteiger partial charge in [-0.1, -0.05) is 46.6 Å². The fourth-order valence-electron chi connectivity index (χ4n) is 5.34. The number of nitrogens with two attached hydrogens (primary N) is 1. The van der Waals surface area contributed by atoms with Crippen molar-refractivity contribution in [2.75, 3.05) is 26.2 Å². The molecule has 0 spiro atoms. The van der Waals surface area contributed by atoms with E-state index in [1.807, 2.05) is 0 Å². The minimum absolute atomic E-state index is 0.0788. The predicted molar refractivity (Wildman–Crippen MR) is 142 cm³/mol. The Hall–Kier alpha value is -1.73. The topological polar surface area (TPSA) is 73.5 Å². The van der Waals surface area contributed by atoms with Gasteiger partial charge in [-0.25, -0.2) is 4.98 Å². The molecule has 0 saturated carbocycles. The van der Waals surface area contributed by atoms with Crippen LogP contribution in [0.15, 0.2) is 22.8 Å². The lowest BCUT2D eigenvalue weighted by molar-refractivity contribution is 0.0786. The summed E-state index contributed by atoms with van der Waals surface area (Å²) in [6.07, 6.45) is 11.0. The fraction of sp³-hybridized carbons (Fsp3) is 0.692. The van der Waals surface area contributed by atoms with Crippen LogP contribution in [0.5, 0.6) is 0 Å². The Labute approximate surface area is 205 Å². The highest BCUT2D eigenvalue weighted by Gasteiger charge is 2.36. The maximum atomic E-state index is 6.29. The summed E-state index contributed by atoms with van der Waals surface area (Å²) in [5.74, 6) is 1.62. The van der Waals surface area contributed by atoms with Crippen LogP contribution >= 0.6 is 12.6 Å². The highest BCUT2D eigenvalue weighted by Crippen LogP contribution is 2.38. The number of nitrogens with zero attached hydrogens (tertiary/aromatic N) is 4. The molecule has 1 aromatic rings. The number of fused-ring (bicyclic) bond motifs is 3. The molecule has 7 heteroatoms. The molecular formula is C26H42N6S. The van der Waals surface area contributed by atoms with Crippen molar-refractivity contribution in [3.8, 4) is 0 Å². The number of aliphatic imine (C=N–C) groups is 1. The second-order valence-corrected chi connectivity index (χ2v) is 11.9. The third kappa shape index (κ3) is 5.19. The van der Waals surface area contributed by atoms with Crippen LogP contribution in [0.3, 0.4) is 0 Å². The van der Waals surface area contributed by atoms with Gasteiger partial charge < -0.3 is 15.6 Å². The SMILES string of the molecule is CCCCc1nc2c([nH]1)C(N)=NC1CC=C(N3CCN(C(C)(S)CC(C)(C)CC)CC3)C=C21. The molecule has 6 nitrogen and oxygen atoms in total. The van der Waals surface area contributed by atoms with Crippen LogP contribution in [0.1, 0.15) is 83.9 Å². The van der Waals surface area contributed by atoms with Crippen LogP contribution in [-0.4, -0.2) is 62.7 Å². The number of hydrogen-bond acceptors (Lipinski definition) is 6. The minimum atomic E-state index is -0.0788. The third-order valence-electron chi connectivity index (χ3n) is 7.65. The number of aryl methyl sites for hydroxylation is 1. The Bertz CT molecular complexity index is 946. The summed E-state index contributed by atoms with van der Waals surface area (Å²) in [5.41, 5.74) is 11.0. The van der Waals surface area contributed by atoms with Crippen LogP contribution in [0, 0.1) is 5.41 Å². The Morgan fingerprint density at radius 1 is 1.18 bits per heavy atom. The molecule has 0 aromatic carbocycles. The Morgan fingerprint density at radius 3 is 2.58 bits per heavy atom. The van der Waals surface area contributed by atoms with Gasteiger partial charge in [0.15, 0.2) is 0 Å². The van der Waals surface area contributed by atoms with Crippen molar-refractivity contribution in [3.05, 3.63) is 35.1 Å². The molecule has 2 unspecified atom stereocenters. The molecular weight excluding hydrogens is 428 g/mol. The first-order valence-electron chi connectivity index (χ1n) is 12.7. The predicted octanol–water partition coefficient (Wildman–Crippen LogP) is 4.60. The molecule has 1 aliphatic carbocycles. The van der Waals surface area contributed by atoms with Gasteiger partial charge in [-0.05, 0) is 37.7 Å². The van der Waals surface area contributed by atoms with Crippen LogP contribution in [0.25, 0.3) is 5.57 Å². The first-order chi connectivity index (χ1) is 15.6. The zero-order valence-electron chi connectivity index (χ0n) is 21.1. The van der Waals surface area contributed by atoms with Gasteiger partial charge in [0, 0.05) is 43.9 Å². The van der Waals surface area contributed by atoms with E-state index in [1.54, 1.807) is 0 Å². The van der Waals surface area contributed by atoms with E-state index in [2.05, 4.69) is 61.6 Å². The van der Waals surface area contributed by atoms with Gasteiger partial charge in [0.25, 0.3) is 0 Å². The van der Waals surface area contributed by atoms with Crippen LogP contribution < -0.4 is 5.73 Å². The Morgan fingerprint density at radius 2 is 1.91 bits per heavy atom. The molecule has 2 atom stereocenters. The number of hydrogen-bond donors (Lipinski definition) is 3. The molecule has 3 heterocycles. The normalized spacial score (nSPS) is 23.3. The fourth-order valence-corrected chi connectivity index (χ4v) is 5.97. The highest BCUT2D eigenvalue weighted by atomic mass is 32.1. The Kier molecular flexibility index (Phi) is 7.02. The summed E-state index contributed by atoms with van der Waals surface area (Å²) in [4.78, 5) is 18.1. The van der Waals surface area contributed by atoms with Crippen molar-refractivity contribution < 1.29 is 0 Å². The molecule has 182 valence electrons. The van der Waals surface area contributed by atoms with E-state index < -0.39 is 0 Å². The van der Waals surface area contributed by atoms with E-state index in [1.165, 1.54) is 17.7 Å². The van der Waals surface area contributed by atoms with Crippen LogP contribution in [0.2, 0.25) is 0 Å². The Balaban J connectivity index is 1.46. The monoisotopic (exact) mass is 470 g/mol. The largest absolute Gasteiger partial charge is 0.382 e. The third-order valence-corrected chi connectivity index (χ3v) is 8.09. The van der Waals surface area contributed by atoms with Crippen LogP contribution in [-0.2, 0) is 6.42 Å². The number of aromatic nitrogens is 2.